The first-order valence-corrected chi connectivity index (χ1v) is 6.86. The molecule has 0 spiro atoms. The maximum atomic E-state index is 9.49. The maximum Gasteiger partial charge on any atom is 0.110 e. The highest BCUT2D eigenvalue weighted by Crippen LogP contribution is 2.35. The third-order valence-electron chi connectivity index (χ3n) is 3.21. The fourth-order valence-corrected chi connectivity index (χ4v) is 3.38. The van der Waals surface area contributed by atoms with Crippen molar-refractivity contribution in [2.75, 3.05) is 6.54 Å². The highest BCUT2D eigenvalue weighted by Gasteiger charge is 2.30. The molecule has 1 N–H and O–H groups in total. The van der Waals surface area contributed by atoms with Gasteiger partial charge in [0.05, 0.1) is 17.8 Å². The van der Waals surface area contributed by atoms with E-state index in [1.165, 1.54) is 24.4 Å². The van der Waals surface area contributed by atoms with Crippen molar-refractivity contribution >= 4 is 11.3 Å². The second kappa shape index (κ2) is 4.82. The average molecular weight is 240 g/mol. The van der Waals surface area contributed by atoms with Gasteiger partial charge in [0, 0.05) is 11.4 Å². The summed E-state index contributed by atoms with van der Waals surface area (Å²) in [5.41, 5.74) is 0.815. The number of thiazole rings is 1. The molecule has 3 nitrogen and oxygen atoms in total. The lowest BCUT2D eigenvalue weighted by molar-refractivity contribution is 0.190. The number of nitrogens with zero attached hydrogens (tertiary/aromatic N) is 2. The van der Waals surface area contributed by atoms with Crippen LogP contribution in [0.1, 0.15) is 56.5 Å². The molecule has 90 valence electrons. The van der Waals surface area contributed by atoms with Crippen molar-refractivity contribution in [1.82, 2.24) is 9.88 Å². The molecule has 16 heavy (non-hydrogen) atoms. The number of hydrogen-bond acceptors (Lipinski definition) is 4. The molecule has 2 rings (SSSR count). The molecule has 1 aromatic heterocycles. The first kappa shape index (κ1) is 12.0. The minimum Gasteiger partial charge on any atom is -0.387 e. The van der Waals surface area contributed by atoms with Crippen LogP contribution in [0.25, 0.3) is 0 Å². The van der Waals surface area contributed by atoms with Crippen molar-refractivity contribution in [1.29, 1.82) is 0 Å². The number of aromatic nitrogens is 1. The highest BCUT2D eigenvalue weighted by atomic mass is 32.1. The van der Waals surface area contributed by atoms with Crippen molar-refractivity contribution in [3.8, 4) is 0 Å². The molecule has 2 heterocycles. The van der Waals surface area contributed by atoms with Crippen molar-refractivity contribution < 1.29 is 5.11 Å². The Morgan fingerprint density at radius 1 is 1.50 bits per heavy atom. The maximum absolute atomic E-state index is 9.49. The number of hydrogen-bond donors (Lipinski definition) is 1. The summed E-state index contributed by atoms with van der Waals surface area (Å²) in [6.07, 6.45) is 2.01. The van der Waals surface area contributed by atoms with Gasteiger partial charge in [-0.25, -0.2) is 4.98 Å². The summed E-state index contributed by atoms with van der Waals surface area (Å²) in [6, 6.07) is 1.05. The molecule has 0 saturated carbocycles. The van der Waals surface area contributed by atoms with Gasteiger partial charge in [-0.1, -0.05) is 0 Å². The Hall–Kier alpha value is -0.450. The Morgan fingerprint density at radius 2 is 2.25 bits per heavy atom. The van der Waals surface area contributed by atoms with Crippen molar-refractivity contribution in [2.24, 2.45) is 0 Å². The van der Waals surface area contributed by atoms with E-state index < -0.39 is 6.10 Å². The molecule has 0 bridgehead atoms. The molecule has 0 aliphatic carbocycles. The average Bonchev–Trinajstić information content (AvgIpc) is 2.86. The Labute approximate surface area is 101 Å². The van der Waals surface area contributed by atoms with Gasteiger partial charge in [-0.15, -0.1) is 11.3 Å². The summed E-state index contributed by atoms with van der Waals surface area (Å²) in [6.45, 7) is 7.42. The van der Waals surface area contributed by atoms with Gasteiger partial charge in [0.25, 0.3) is 0 Å². The quantitative estimate of drug-likeness (QED) is 0.882. The molecular formula is C12H20N2OS. The van der Waals surface area contributed by atoms with Crippen molar-refractivity contribution in [3.05, 3.63) is 16.1 Å². The van der Waals surface area contributed by atoms with E-state index in [2.05, 4.69) is 23.7 Å². The van der Waals surface area contributed by atoms with Crippen molar-refractivity contribution in [3.63, 3.8) is 0 Å². The van der Waals surface area contributed by atoms with Crippen LogP contribution in [-0.2, 0) is 0 Å². The first-order valence-electron chi connectivity index (χ1n) is 5.98. The lowest BCUT2D eigenvalue weighted by atomic mass is 10.2. The predicted octanol–water partition coefficient (Wildman–Crippen LogP) is 2.74. The fraction of sp³-hybridized carbons (Fsp3) is 0.750. The zero-order valence-corrected chi connectivity index (χ0v) is 11.0. The number of likely N-dealkylation sites (tertiary alicyclic amines) is 1. The molecule has 1 aromatic rings. The van der Waals surface area contributed by atoms with Gasteiger partial charge < -0.3 is 5.11 Å². The molecule has 1 saturated heterocycles. The molecule has 2 unspecified atom stereocenters. The summed E-state index contributed by atoms with van der Waals surface area (Å²) >= 11 is 1.68. The molecular weight excluding hydrogens is 220 g/mol. The van der Waals surface area contributed by atoms with Crippen LogP contribution in [0.3, 0.4) is 0 Å². The van der Waals surface area contributed by atoms with E-state index in [9.17, 15) is 5.11 Å². The molecule has 0 aromatic carbocycles. The summed E-state index contributed by atoms with van der Waals surface area (Å²) < 4.78 is 0. The number of rotatable bonds is 3. The zero-order valence-electron chi connectivity index (χ0n) is 10.2. The normalized spacial score (nSPS) is 24.2. The summed E-state index contributed by atoms with van der Waals surface area (Å²) in [5.74, 6) is 0. The Morgan fingerprint density at radius 3 is 2.81 bits per heavy atom. The minimum atomic E-state index is -0.445. The van der Waals surface area contributed by atoms with E-state index in [4.69, 9.17) is 0 Å². The van der Waals surface area contributed by atoms with Crippen LogP contribution < -0.4 is 0 Å². The molecule has 0 radical (unpaired) electrons. The third-order valence-corrected chi connectivity index (χ3v) is 4.17. The first-order chi connectivity index (χ1) is 7.59. The highest BCUT2D eigenvalue weighted by molar-refractivity contribution is 7.09. The van der Waals surface area contributed by atoms with Gasteiger partial charge in [-0.05, 0) is 40.2 Å². The van der Waals surface area contributed by atoms with Crippen LogP contribution >= 0.6 is 11.3 Å². The molecule has 0 amide bonds. The topological polar surface area (TPSA) is 36.4 Å². The second-order valence-corrected chi connectivity index (χ2v) is 5.67. The third kappa shape index (κ3) is 2.29. The summed E-state index contributed by atoms with van der Waals surface area (Å²) in [7, 11) is 0. The molecule has 4 heteroatoms. The monoisotopic (exact) mass is 240 g/mol. The fourth-order valence-electron chi connectivity index (χ4n) is 2.32. The molecule has 2 atom stereocenters. The van der Waals surface area contributed by atoms with Gasteiger partial charge in [-0.2, -0.15) is 0 Å². The lowest BCUT2D eigenvalue weighted by Crippen LogP contribution is -2.30. The molecule has 1 fully saturated rings. The van der Waals surface area contributed by atoms with E-state index in [0.29, 0.717) is 12.1 Å². The Bertz CT molecular complexity index is 349. The van der Waals surface area contributed by atoms with Gasteiger partial charge >= 0.3 is 0 Å². The standard InChI is InChI=1S/C12H20N2OS/c1-8(2)14-6-4-5-11(14)12-13-10(7-16-12)9(3)15/h7-9,11,15H,4-6H2,1-3H3. The van der Waals surface area contributed by atoms with Crippen LogP contribution in [0, 0.1) is 0 Å². The minimum absolute atomic E-state index is 0.445. The van der Waals surface area contributed by atoms with Crippen LogP contribution in [0.4, 0.5) is 0 Å². The van der Waals surface area contributed by atoms with Crippen molar-refractivity contribution in [2.45, 2.75) is 51.8 Å². The summed E-state index contributed by atoms with van der Waals surface area (Å²) in [5, 5.41) is 12.6. The lowest BCUT2D eigenvalue weighted by Gasteiger charge is -2.26. The van der Waals surface area contributed by atoms with E-state index in [1.807, 2.05) is 5.38 Å². The molecule has 1 aliphatic rings. The van der Waals surface area contributed by atoms with E-state index in [0.717, 1.165) is 5.69 Å². The van der Waals surface area contributed by atoms with E-state index in [-0.39, 0.29) is 0 Å². The van der Waals surface area contributed by atoms with Gasteiger partial charge in [-0.3, -0.25) is 4.90 Å². The SMILES string of the molecule is CC(O)c1csc(C2CCCN2C(C)C)n1. The molecule has 1 aliphatic heterocycles. The predicted molar refractivity (Wildman–Crippen MR) is 66.6 cm³/mol. The number of aliphatic hydroxyl groups excluding tert-OH is 1. The van der Waals surface area contributed by atoms with Gasteiger partial charge in [0.2, 0.25) is 0 Å². The van der Waals surface area contributed by atoms with Crippen LogP contribution in [-0.4, -0.2) is 27.6 Å². The van der Waals surface area contributed by atoms with Crippen LogP contribution in [0.15, 0.2) is 5.38 Å². The Kier molecular flexibility index (Phi) is 3.62. The van der Waals surface area contributed by atoms with E-state index >= 15 is 0 Å². The van der Waals surface area contributed by atoms with Crippen LogP contribution in [0.5, 0.6) is 0 Å². The Balaban J connectivity index is 2.16. The largest absolute Gasteiger partial charge is 0.387 e. The second-order valence-electron chi connectivity index (χ2n) is 4.78. The van der Waals surface area contributed by atoms with Crippen LogP contribution in [0.2, 0.25) is 0 Å². The smallest absolute Gasteiger partial charge is 0.110 e. The van der Waals surface area contributed by atoms with E-state index in [1.54, 1.807) is 18.3 Å². The summed E-state index contributed by atoms with van der Waals surface area (Å²) in [4.78, 5) is 7.06. The number of aliphatic hydroxyl groups is 1. The van der Waals surface area contributed by atoms with Gasteiger partial charge in [0.1, 0.15) is 5.01 Å². The zero-order chi connectivity index (χ0) is 11.7. The van der Waals surface area contributed by atoms with Gasteiger partial charge in [0.15, 0.2) is 0 Å².